The van der Waals surface area contributed by atoms with Crippen LogP contribution in [0.2, 0.25) is 0 Å². The van der Waals surface area contributed by atoms with Gasteiger partial charge in [-0.2, -0.15) is 5.26 Å². The first-order valence-corrected chi connectivity index (χ1v) is 10.5. The fourth-order valence-electron chi connectivity index (χ4n) is 4.65. The van der Waals surface area contributed by atoms with Gasteiger partial charge in [0.05, 0.1) is 30.1 Å². The van der Waals surface area contributed by atoms with E-state index < -0.39 is 5.92 Å². The lowest BCUT2D eigenvalue weighted by atomic mass is 9.79. The fourth-order valence-corrected chi connectivity index (χ4v) is 4.65. The van der Waals surface area contributed by atoms with Gasteiger partial charge in [-0.05, 0) is 41.3 Å². The number of fused-ring (bicyclic) bond motifs is 1. The number of nitrogens with one attached hydrogen (secondary N) is 2. The molecule has 7 nitrogen and oxygen atoms in total. The molecular formula is C24H26N4O3. The number of rotatable bonds is 6. The van der Waals surface area contributed by atoms with Gasteiger partial charge in [-0.15, -0.1) is 0 Å². The molecule has 0 spiro atoms. The van der Waals surface area contributed by atoms with E-state index >= 15 is 0 Å². The molecule has 2 aliphatic rings. The monoisotopic (exact) mass is 418 g/mol. The van der Waals surface area contributed by atoms with Crippen molar-refractivity contribution in [2.75, 3.05) is 32.0 Å². The van der Waals surface area contributed by atoms with Crippen molar-refractivity contribution in [3.8, 4) is 6.07 Å². The molecule has 2 aliphatic heterocycles. The van der Waals surface area contributed by atoms with Crippen molar-refractivity contribution < 1.29 is 14.7 Å². The van der Waals surface area contributed by atoms with Gasteiger partial charge < -0.3 is 20.6 Å². The van der Waals surface area contributed by atoms with Crippen molar-refractivity contribution in [1.29, 1.82) is 5.26 Å². The van der Waals surface area contributed by atoms with Gasteiger partial charge >= 0.3 is 0 Å². The number of amides is 2. The Hall–Kier alpha value is -3.21. The normalized spacial score (nSPS) is 19.9. The van der Waals surface area contributed by atoms with Crippen molar-refractivity contribution in [2.24, 2.45) is 0 Å². The Morgan fingerprint density at radius 2 is 2.16 bits per heavy atom. The summed E-state index contributed by atoms with van der Waals surface area (Å²) in [7, 11) is 1.62. The zero-order valence-electron chi connectivity index (χ0n) is 17.5. The third kappa shape index (κ3) is 4.46. The second kappa shape index (κ2) is 8.88. The van der Waals surface area contributed by atoms with Crippen molar-refractivity contribution in [3.63, 3.8) is 0 Å². The van der Waals surface area contributed by atoms with Crippen LogP contribution >= 0.6 is 0 Å². The highest BCUT2D eigenvalue weighted by Crippen LogP contribution is 2.38. The minimum atomic E-state index is -0.514. The average molecular weight is 418 g/mol. The second-order valence-electron chi connectivity index (χ2n) is 8.28. The summed E-state index contributed by atoms with van der Waals surface area (Å²) in [5, 5.41) is 25.1. The van der Waals surface area contributed by atoms with Crippen LogP contribution in [0.25, 0.3) is 0 Å². The summed E-state index contributed by atoms with van der Waals surface area (Å²) in [5.41, 5.74) is 3.93. The molecule has 2 amide bonds. The molecule has 1 unspecified atom stereocenters. The molecule has 3 atom stereocenters. The molecule has 2 aromatic carbocycles. The number of aliphatic hydroxyl groups is 1. The largest absolute Gasteiger partial charge is 0.392 e. The van der Waals surface area contributed by atoms with Crippen LogP contribution in [-0.2, 0) is 16.0 Å². The van der Waals surface area contributed by atoms with Crippen LogP contribution in [0.15, 0.2) is 42.5 Å². The Balaban J connectivity index is 1.76. The van der Waals surface area contributed by atoms with E-state index in [4.69, 9.17) is 0 Å². The van der Waals surface area contributed by atoms with Crippen LogP contribution < -0.4 is 10.6 Å². The maximum atomic E-state index is 13.2. The summed E-state index contributed by atoms with van der Waals surface area (Å²) < 4.78 is 0. The number of likely N-dealkylation sites (tertiary alicyclic amines) is 1. The highest BCUT2D eigenvalue weighted by Gasteiger charge is 2.35. The molecule has 0 aromatic heterocycles. The van der Waals surface area contributed by atoms with Gasteiger partial charge in [0, 0.05) is 38.3 Å². The Kier molecular flexibility index (Phi) is 6.03. The zero-order chi connectivity index (χ0) is 22.0. The molecule has 1 saturated heterocycles. The van der Waals surface area contributed by atoms with Crippen molar-refractivity contribution >= 4 is 17.5 Å². The van der Waals surface area contributed by atoms with Crippen LogP contribution in [0.4, 0.5) is 5.69 Å². The molecule has 2 aromatic rings. The molecule has 7 heteroatoms. The number of benzene rings is 2. The molecule has 0 radical (unpaired) electrons. The van der Waals surface area contributed by atoms with Gasteiger partial charge in [0.1, 0.15) is 0 Å². The van der Waals surface area contributed by atoms with E-state index in [1.165, 1.54) is 0 Å². The van der Waals surface area contributed by atoms with Crippen LogP contribution in [0.3, 0.4) is 0 Å². The van der Waals surface area contributed by atoms with E-state index in [-0.39, 0.29) is 23.8 Å². The quantitative estimate of drug-likeness (QED) is 0.663. The zero-order valence-corrected chi connectivity index (χ0v) is 17.5. The number of nitriles is 1. The number of carbonyl (C=O) groups is 2. The van der Waals surface area contributed by atoms with Crippen LogP contribution in [0, 0.1) is 11.3 Å². The van der Waals surface area contributed by atoms with Crippen LogP contribution in [0.1, 0.15) is 40.5 Å². The minimum absolute atomic E-state index is 0.0482. The lowest BCUT2D eigenvalue weighted by Crippen LogP contribution is -2.36. The summed E-state index contributed by atoms with van der Waals surface area (Å²) in [4.78, 5) is 27.1. The number of anilines is 1. The lowest BCUT2D eigenvalue weighted by molar-refractivity contribution is -0.122. The van der Waals surface area contributed by atoms with E-state index in [0.29, 0.717) is 31.5 Å². The predicted molar refractivity (Wildman–Crippen MR) is 117 cm³/mol. The van der Waals surface area contributed by atoms with Gasteiger partial charge in [0.2, 0.25) is 11.8 Å². The molecule has 1 fully saturated rings. The van der Waals surface area contributed by atoms with Crippen molar-refractivity contribution in [1.82, 2.24) is 10.2 Å². The number of nitrogens with zero attached hydrogens (tertiary/aromatic N) is 2. The molecule has 4 rings (SSSR count). The summed E-state index contributed by atoms with van der Waals surface area (Å²) in [6.45, 7) is 1.90. The Morgan fingerprint density at radius 1 is 1.32 bits per heavy atom. The van der Waals surface area contributed by atoms with Crippen LogP contribution in [0.5, 0.6) is 0 Å². The first-order valence-electron chi connectivity index (χ1n) is 10.5. The second-order valence-corrected chi connectivity index (χ2v) is 8.28. The fraction of sp³-hybridized carbons (Fsp3) is 0.375. The number of β-amino-alcohol motifs (C(OH)–C–C–N with tert-alkyl or cyclic N) is 1. The number of aliphatic hydroxyl groups excluding tert-OH is 1. The molecule has 31 heavy (non-hydrogen) atoms. The maximum Gasteiger partial charge on any atom is 0.228 e. The van der Waals surface area contributed by atoms with Crippen molar-refractivity contribution in [2.45, 2.75) is 30.8 Å². The first-order chi connectivity index (χ1) is 15.0. The van der Waals surface area contributed by atoms with Gasteiger partial charge in [-0.3, -0.25) is 9.59 Å². The van der Waals surface area contributed by atoms with E-state index in [2.05, 4.69) is 21.6 Å². The number of carbonyl (C=O) groups excluding carboxylic acids is 2. The number of hydrogen-bond acceptors (Lipinski definition) is 5. The van der Waals surface area contributed by atoms with Gasteiger partial charge in [-0.25, -0.2) is 0 Å². The number of hydrogen-bond donors (Lipinski definition) is 3. The van der Waals surface area contributed by atoms with Crippen molar-refractivity contribution in [3.05, 3.63) is 64.7 Å². The first kappa shape index (κ1) is 21.0. The third-order valence-corrected chi connectivity index (χ3v) is 6.20. The maximum absolute atomic E-state index is 13.2. The smallest absolute Gasteiger partial charge is 0.228 e. The van der Waals surface area contributed by atoms with E-state index in [1.54, 1.807) is 13.1 Å². The van der Waals surface area contributed by atoms with Gasteiger partial charge in [-0.1, -0.05) is 24.3 Å². The summed E-state index contributed by atoms with van der Waals surface area (Å²) >= 11 is 0. The summed E-state index contributed by atoms with van der Waals surface area (Å²) in [5.74, 6) is -0.919. The minimum Gasteiger partial charge on any atom is -0.392 e. The SMILES string of the molecule is CNC(=O)C(c1ccc2c(c1)NC(=O)C2)[C@H](CN1CC[C@H](O)C1)c1cccc(C#N)c1. The number of likely N-dealkylation sites (N-methyl/N-ethyl adjacent to an activating group) is 1. The molecule has 3 N–H and O–H groups in total. The summed E-state index contributed by atoms with van der Waals surface area (Å²) in [6.07, 6.45) is 0.694. The topological polar surface area (TPSA) is 105 Å². The Bertz CT molecular complexity index is 1050. The Morgan fingerprint density at radius 3 is 2.87 bits per heavy atom. The van der Waals surface area contributed by atoms with E-state index in [9.17, 15) is 20.0 Å². The Labute approximate surface area is 181 Å². The van der Waals surface area contributed by atoms with Gasteiger partial charge in [0.15, 0.2) is 0 Å². The molecular weight excluding hydrogens is 392 g/mol. The summed E-state index contributed by atoms with van der Waals surface area (Å²) in [6, 6.07) is 15.3. The predicted octanol–water partition coefficient (Wildman–Crippen LogP) is 1.73. The van der Waals surface area contributed by atoms with E-state index in [1.807, 2.05) is 36.4 Å². The lowest BCUT2D eigenvalue weighted by Gasteiger charge is -2.31. The highest BCUT2D eigenvalue weighted by atomic mass is 16.3. The van der Waals surface area contributed by atoms with E-state index in [0.717, 1.165) is 28.9 Å². The molecule has 2 heterocycles. The highest BCUT2D eigenvalue weighted by molar-refractivity contribution is 5.99. The van der Waals surface area contributed by atoms with Gasteiger partial charge in [0.25, 0.3) is 0 Å². The molecule has 0 aliphatic carbocycles. The molecule has 160 valence electrons. The third-order valence-electron chi connectivity index (χ3n) is 6.20. The molecule has 0 bridgehead atoms. The standard InChI is InChI=1S/C24H26N4O3/c1-26-24(31)23(18-6-5-17-11-22(30)27-21(17)10-18)20(14-28-8-7-19(29)13-28)16-4-2-3-15(9-16)12-25/h2-6,9-10,19-20,23,29H,7-8,11,13-14H2,1H3,(H,26,31)(H,27,30)/t19-,20+,23?/m0/s1. The van der Waals surface area contributed by atoms with Crippen LogP contribution in [-0.4, -0.2) is 54.6 Å². The average Bonchev–Trinajstić information content (AvgIpc) is 3.36. The molecule has 0 saturated carbocycles.